The van der Waals surface area contributed by atoms with Crippen LogP contribution in [0.15, 0.2) is 237 Å². The molecule has 0 fully saturated rings. The zero-order chi connectivity index (χ0) is 45.0. The fraction of sp³-hybridized carbons (Fsp3) is 0.0161. The van der Waals surface area contributed by atoms with Gasteiger partial charge in [-0.05, 0) is 63.7 Å². The van der Waals surface area contributed by atoms with E-state index in [4.69, 9.17) is 15.0 Å². The number of benzene rings is 9. The number of para-hydroxylation sites is 2. The lowest BCUT2D eigenvalue weighted by Gasteiger charge is -2.32. The van der Waals surface area contributed by atoms with E-state index in [2.05, 4.69) is 239 Å². The normalized spacial score (nSPS) is 14.3. The highest BCUT2D eigenvalue weighted by Gasteiger charge is 2.39. The van der Waals surface area contributed by atoms with E-state index in [9.17, 15) is 0 Å². The molecule has 0 amide bonds. The Kier molecular flexibility index (Phi) is 9.55. The number of hydrazine groups is 1. The summed E-state index contributed by atoms with van der Waals surface area (Å²) < 4.78 is 2.33. The van der Waals surface area contributed by atoms with Crippen LogP contribution in [0.3, 0.4) is 0 Å². The van der Waals surface area contributed by atoms with E-state index < -0.39 is 0 Å². The van der Waals surface area contributed by atoms with Gasteiger partial charge in [-0.3, -0.25) is 5.01 Å². The van der Waals surface area contributed by atoms with Gasteiger partial charge in [0, 0.05) is 44.3 Å². The van der Waals surface area contributed by atoms with Crippen LogP contribution < -0.4 is 5.43 Å². The Morgan fingerprint density at radius 2 is 0.868 bits per heavy atom. The van der Waals surface area contributed by atoms with Crippen molar-refractivity contribution in [1.29, 1.82) is 0 Å². The number of hydrogen-bond donors (Lipinski definition) is 1. The third-order valence-corrected chi connectivity index (χ3v) is 13.3. The van der Waals surface area contributed by atoms with Crippen molar-refractivity contribution in [2.45, 2.75) is 6.04 Å². The SMILES string of the molecule is C1=C(c2ccccc2)N2NC(c3ccccc3)C(c3ccccc3)=C2c2cccc(-c3ccc(-c4nc(-c5ccccc5)nc(-c5cccc(-n6c7ccccc7c7ccccc76)c5)n4)cc3)c21. The highest BCUT2D eigenvalue weighted by Crippen LogP contribution is 2.51. The van der Waals surface area contributed by atoms with Gasteiger partial charge in [-0.25, -0.2) is 20.4 Å². The molecule has 2 aliphatic rings. The Morgan fingerprint density at radius 1 is 0.382 bits per heavy atom. The van der Waals surface area contributed by atoms with Crippen molar-refractivity contribution in [2.75, 3.05) is 0 Å². The van der Waals surface area contributed by atoms with Crippen molar-refractivity contribution < 1.29 is 0 Å². The second-order valence-corrected chi connectivity index (χ2v) is 17.3. The molecule has 13 rings (SSSR count). The molecular weight excluding hydrogens is 829 g/mol. The van der Waals surface area contributed by atoms with Crippen LogP contribution in [-0.2, 0) is 0 Å². The quantitative estimate of drug-likeness (QED) is 0.165. The number of rotatable bonds is 8. The second kappa shape index (κ2) is 16.5. The summed E-state index contributed by atoms with van der Waals surface area (Å²) in [6.45, 7) is 0. The molecule has 0 spiro atoms. The molecule has 4 heterocycles. The van der Waals surface area contributed by atoms with Crippen LogP contribution in [0.5, 0.6) is 0 Å². The summed E-state index contributed by atoms with van der Waals surface area (Å²) in [7, 11) is 0. The van der Waals surface area contributed by atoms with Crippen LogP contribution in [0.1, 0.15) is 33.9 Å². The van der Waals surface area contributed by atoms with E-state index in [0.29, 0.717) is 17.5 Å². The fourth-order valence-corrected chi connectivity index (χ4v) is 10.1. The molecule has 0 bridgehead atoms. The van der Waals surface area contributed by atoms with E-state index in [1.54, 1.807) is 0 Å². The molecule has 0 saturated heterocycles. The van der Waals surface area contributed by atoms with Crippen LogP contribution in [0.25, 0.3) is 95.8 Å². The first-order valence-corrected chi connectivity index (χ1v) is 23.1. The largest absolute Gasteiger partial charge is 0.309 e. The smallest absolute Gasteiger partial charge is 0.164 e. The predicted octanol–water partition coefficient (Wildman–Crippen LogP) is 14.6. The minimum absolute atomic E-state index is 0.0586. The second-order valence-electron chi connectivity index (χ2n) is 17.3. The van der Waals surface area contributed by atoms with Gasteiger partial charge in [0.05, 0.1) is 28.5 Å². The van der Waals surface area contributed by atoms with E-state index >= 15 is 0 Å². The molecular formula is C62H42N6. The molecule has 1 unspecified atom stereocenters. The van der Waals surface area contributed by atoms with Crippen molar-refractivity contribution >= 4 is 44.8 Å². The lowest BCUT2D eigenvalue weighted by molar-refractivity contribution is 0.405. The zero-order valence-corrected chi connectivity index (χ0v) is 36.9. The standard InChI is InChI=1S/C62H42N6/c1-5-19-42(20-6-1)56-40-53-49(31-18-32-52(53)59-57(43-21-7-2-8-22-43)58(66-68(56)59)44-23-9-3-10-24-44)41-35-37-46(38-36-41)61-63-60(45-25-11-4-12-26-45)64-62(65-61)47-27-17-28-48(39-47)67-54-33-15-13-29-50(54)51-30-14-16-34-55(51)67/h1-40,58,66H. The Morgan fingerprint density at radius 3 is 1.51 bits per heavy atom. The molecule has 2 aromatic heterocycles. The highest BCUT2D eigenvalue weighted by atomic mass is 15.6. The highest BCUT2D eigenvalue weighted by molar-refractivity contribution is 6.09. The van der Waals surface area contributed by atoms with Gasteiger partial charge in [-0.2, -0.15) is 0 Å². The molecule has 0 saturated carbocycles. The first-order valence-electron chi connectivity index (χ1n) is 23.1. The average Bonchev–Trinajstić information content (AvgIpc) is 3.99. The molecule has 320 valence electrons. The van der Waals surface area contributed by atoms with E-state index in [1.165, 1.54) is 38.6 Å². The summed E-state index contributed by atoms with van der Waals surface area (Å²) in [6, 6.07) is 83.4. The molecule has 68 heavy (non-hydrogen) atoms. The molecule has 6 nitrogen and oxygen atoms in total. The van der Waals surface area contributed by atoms with Gasteiger partial charge in [0.15, 0.2) is 17.5 Å². The minimum atomic E-state index is -0.0586. The Labute approximate surface area is 394 Å². The maximum absolute atomic E-state index is 5.21. The molecule has 11 aromatic rings. The van der Waals surface area contributed by atoms with Gasteiger partial charge in [-0.15, -0.1) is 0 Å². The maximum atomic E-state index is 5.21. The summed E-state index contributed by atoms with van der Waals surface area (Å²) in [5.41, 5.74) is 21.7. The van der Waals surface area contributed by atoms with Gasteiger partial charge in [0.2, 0.25) is 0 Å². The Balaban J connectivity index is 0.935. The topological polar surface area (TPSA) is 58.9 Å². The summed E-state index contributed by atoms with van der Waals surface area (Å²) in [6.07, 6.45) is 2.35. The van der Waals surface area contributed by atoms with Crippen LogP contribution in [-0.4, -0.2) is 24.5 Å². The maximum Gasteiger partial charge on any atom is 0.164 e. The lowest BCUT2D eigenvalue weighted by Crippen LogP contribution is -2.33. The van der Waals surface area contributed by atoms with Crippen molar-refractivity contribution in [3.05, 3.63) is 264 Å². The van der Waals surface area contributed by atoms with Gasteiger partial charge in [-0.1, -0.05) is 212 Å². The first kappa shape index (κ1) is 39.4. The predicted molar refractivity (Wildman–Crippen MR) is 278 cm³/mol. The number of fused-ring (bicyclic) bond motifs is 6. The summed E-state index contributed by atoms with van der Waals surface area (Å²) in [4.78, 5) is 15.4. The average molecular weight is 871 g/mol. The van der Waals surface area contributed by atoms with Crippen LogP contribution in [0.2, 0.25) is 0 Å². The molecule has 2 aliphatic heterocycles. The van der Waals surface area contributed by atoms with Gasteiger partial charge < -0.3 is 4.57 Å². The molecule has 1 N–H and O–H groups in total. The lowest BCUT2D eigenvalue weighted by atomic mass is 9.85. The number of nitrogens with zero attached hydrogens (tertiary/aromatic N) is 5. The third-order valence-electron chi connectivity index (χ3n) is 13.3. The van der Waals surface area contributed by atoms with Crippen LogP contribution in [0, 0.1) is 0 Å². The first-order chi connectivity index (χ1) is 33.7. The number of nitrogens with one attached hydrogen (secondary N) is 1. The summed E-state index contributed by atoms with van der Waals surface area (Å²) >= 11 is 0. The van der Waals surface area contributed by atoms with E-state index in [0.717, 1.165) is 61.5 Å². The third kappa shape index (κ3) is 6.74. The fourth-order valence-electron chi connectivity index (χ4n) is 10.1. The van der Waals surface area contributed by atoms with Gasteiger partial charge >= 0.3 is 0 Å². The van der Waals surface area contributed by atoms with E-state index in [1.807, 2.05) is 18.2 Å². The van der Waals surface area contributed by atoms with Crippen LogP contribution >= 0.6 is 0 Å². The van der Waals surface area contributed by atoms with Gasteiger partial charge in [0.1, 0.15) is 0 Å². The van der Waals surface area contributed by atoms with Crippen molar-refractivity contribution in [3.63, 3.8) is 0 Å². The monoisotopic (exact) mass is 870 g/mol. The van der Waals surface area contributed by atoms with Crippen molar-refractivity contribution in [1.82, 2.24) is 30.0 Å². The molecule has 0 radical (unpaired) electrons. The van der Waals surface area contributed by atoms with Crippen molar-refractivity contribution in [2.24, 2.45) is 0 Å². The minimum Gasteiger partial charge on any atom is -0.309 e. The van der Waals surface area contributed by atoms with E-state index in [-0.39, 0.29) is 6.04 Å². The molecule has 1 atom stereocenters. The Bertz CT molecular complexity index is 3690. The van der Waals surface area contributed by atoms with Gasteiger partial charge in [0.25, 0.3) is 0 Å². The Hall–Kier alpha value is -8.97. The summed E-state index contributed by atoms with van der Waals surface area (Å²) in [5, 5.41) is 4.75. The number of hydrogen-bond acceptors (Lipinski definition) is 5. The summed E-state index contributed by atoms with van der Waals surface area (Å²) in [5.74, 6) is 1.85. The zero-order valence-electron chi connectivity index (χ0n) is 36.9. The molecule has 9 aromatic carbocycles. The molecule has 6 heteroatoms. The molecule has 0 aliphatic carbocycles. The van der Waals surface area contributed by atoms with Crippen molar-refractivity contribution in [3.8, 4) is 51.0 Å². The number of aromatic nitrogens is 4. The van der Waals surface area contributed by atoms with Crippen LogP contribution in [0.4, 0.5) is 0 Å².